The summed E-state index contributed by atoms with van der Waals surface area (Å²) in [4.78, 5) is 14.4. The molecule has 31 heavy (non-hydrogen) atoms. The molecule has 1 fully saturated rings. The van der Waals surface area contributed by atoms with Crippen LogP contribution >= 0.6 is 0 Å². The Morgan fingerprint density at radius 3 is 2.87 bits per heavy atom. The number of rotatable bonds is 5. The number of hydrogen-bond acceptors (Lipinski definition) is 6. The second kappa shape index (κ2) is 9.21. The molecule has 2 N–H and O–H groups in total. The second-order valence-electron chi connectivity index (χ2n) is 7.75. The Balaban J connectivity index is 1.40. The molecule has 2 aromatic rings. The van der Waals surface area contributed by atoms with Crippen molar-refractivity contribution in [1.82, 2.24) is 10.6 Å². The molecule has 1 amide bonds. The lowest BCUT2D eigenvalue weighted by Gasteiger charge is -2.18. The van der Waals surface area contributed by atoms with Crippen LogP contribution in [0, 0.1) is 11.3 Å². The predicted octanol–water partition coefficient (Wildman–Crippen LogP) is 2.58. The first-order valence-corrected chi connectivity index (χ1v) is 10.4. The number of amides is 1. The molecule has 2 heterocycles. The van der Waals surface area contributed by atoms with E-state index in [-0.39, 0.29) is 5.91 Å². The molecular formula is C24H26N4O3. The fraction of sp³-hybridized carbons (Fsp3) is 0.333. The van der Waals surface area contributed by atoms with E-state index in [9.17, 15) is 10.1 Å². The van der Waals surface area contributed by atoms with Gasteiger partial charge in [-0.1, -0.05) is 30.3 Å². The molecule has 0 aliphatic carbocycles. The first-order chi connectivity index (χ1) is 15.0. The number of nitrogens with zero attached hydrogens (tertiary/aromatic N) is 2. The van der Waals surface area contributed by atoms with Gasteiger partial charge in [0, 0.05) is 26.6 Å². The van der Waals surface area contributed by atoms with Crippen molar-refractivity contribution in [1.29, 1.82) is 5.26 Å². The van der Waals surface area contributed by atoms with E-state index >= 15 is 0 Å². The molecule has 2 aliphatic rings. The standard InChI is InChI=1S/C24H26N4O3/c1-16-28(2)21-13-19(8-9-22(21)31-16)18-6-4-17(5-7-18)12-20(14-25)27-24(29)23-15-26-10-3-11-30-23/h4-9,13,20,23,26H,1,3,10-12,15H2,2H3,(H,27,29)/t20-,23-/m1/s1. The Labute approximate surface area is 182 Å². The molecule has 0 unspecified atom stereocenters. The Bertz CT molecular complexity index is 1000. The predicted molar refractivity (Wildman–Crippen MR) is 119 cm³/mol. The average molecular weight is 418 g/mol. The molecule has 0 saturated carbocycles. The van der Waals surface area contributed by atoms with Crippen LogP contribution in [0.4, 0.5) is 5.69 Å². The van der Waals surface area contributed by atoms with Crippen LogP contribution in [-0.4, -0.2) is 44.8 Å². The first kappa shape index (κ1) is 20.9. The average Bonchev–Trinajstić information content (AvgIpc) is 2.96. The number of nitrogens with one attached hydrogen (secondary N) is 2. The molecule has 7 heteroatoms. The lowest BCUT2D eigenvalue weighted by Crippen LogP contribution is -2.46. The van der Waals surface area contributed by atoms with E-state index in [1.165, 1.54) is 0 Å². The van der Waals surface area contributed by atoms with Crippen LogP contribution in [0.2, 0.25) is 0 Å². The summed E-state index contributed by atoms with van der Waals surface area (Å²) in [7, 11) is 1.92. The molecule has 1 saturated heterocycles. The van der Waals surface area contributed by atoms with E-state index in [1.807, 2.05) is 48.3 Å². The van der Waals surface area contributed by atoms with Crippen LogP contribution in [0.5, 0.6) is 5.75 Å². The molecule has 0 bridgehead atoms. The van der Waals surface area contributed by atoms with Crippen molar-refractivity contribution in [3.63, 3.8) is 0 Å². The molecule has 0 radical (unpaired) electrons. The van der Waals surface area contributed by atoms with Crippen LogP contribution < -0.4 is 20.3 Å². The fourth-order valence-electron chi connectivity index (χ4n) is 3.72. The minimum atomic E-state index is -0.609. The summed E-state index contributed by atoms with van der Waals surface area (Å²) in [6.45, 7) is 5.73. The molecule has 4 rings (SSSR count). The summed E-state index contributed by atoms with van der Waals surface area (Å²) >= 11 is 0. The Morgan fingerprint density at radius 2 is 2.10 bits per heavy atom. The third-order valence-corrected chi connectivity index (χ3v) is 5.56. The van der Waals surface area contributed by atoms with E-state index in [4.69, 9.17) is 9.47 Å². The Morgan fingerprint density at radius 1 is 1.32 bits per heavy atom. The van der Waals surface area contributed by atoms with E-state index < -0.39 is 12.1 Å². The third-order valence-electron chi connectivity index (χ3n) is 5.56. The van der Waals surface area contributed by atoms with E-state index in [0.29, 0.717) is 25.5 Å². The van der Waals surface area contributed by atoms with Gasteiger partial charge >= 0.3 is 0 Å². The number of benzene rings is 2. The Kier molecular flexibility index (Phi) is 6.21. The number of ether oxygens (including phenoxy) is 2. The fourth-order valence-corrected chi connectivity index (χ4v) is 3.72. The lowest BCUT2D eigenvalue weighted by atomic mass is 10.00. The van der Waals surface area contributed by atoms with Gasteiger partial charge in [-0.25, -0.2) is 0 Å². The highest BCUT2D eigenvalue weighted by atomic mass is 16.5. The van der Waals surface area contributed by atoms with E-state index in [1.54, 1.807) is 0 Å². The second-order valence-corrected chi connectivity index (χ2v) is 7.75. The SMILES string of the molecule is C=C1Oc2ccc(-c3ccc(C[C@H](C#N)NC(=O)[C@H]4CNCCCO4)cc3)cc2N1C. The van der Waals surface area contributed by atoms with Gasteiger partial charge in [0.2, 0.25) is 0 Å². The minimum Gasteiger partial charge on any atom is -0.439 e. The van der Waals surface area contributed by atoms with Crippen LogP contribution in [0.25, 0.3) is 11.1 Å². The molecule has 160 valence electrons. The number of nitriles is 1. The summed E-state index contributed by atoms with van der Waals surface area (Å²) in [5, 5.41) is 15.5. The van der Waals surface area contributed by atoms with Gasteiger partial charge in [0.25, 0.3) is 5.91 Å². The first-order valence-electron chi connectivity index (χ1n) is 10.4. The summed E-state index contributed by atoms with van der Waals surface area (Å²) in [6.07, 6.45) is 0.752. The number of carbonyl (C=O) groups excluding carboxylic acids is 1. The molecular weight excluding hydrogens is 392 g/mol. The molecule has 2 aromatic carbocycles. The zero-order chi connectivity index (χ0) is 21.8. The monoisotopic (exact) mass is 418 g/mol. The summed E-state index contributed by atoms with van der Waals surface area (Å²) < 4.78 is 11.2. The molecule has 0 spiro atoms. The van der Waals surface area contributed by atoms with Crippen molar-refractivity contribution >= 4 is 11.6 Å². The summed E-state index contributed by atoms with van der Waals surface area (Å²) in [5.74, 6) is 1.16. The number of anilines is 1. The summed E-state index contributed by atoms with van der Waals surface area (Å²) in [6, 6.07) is 15.6. The third kappa shape index (κ3) is 4.71. The molecule has 2 atom stereocenters. The van der Waals surface area contributed by atoms with Crippen LogP contribution in [0.3, 0.4) is 0 Å². The Hall–Kier alpha value is -3.34. The minimum absolute atomic E-state index is 0.247. The molecule has 2 aliphatic heterocycles. The summed E-state index contributed by atoms with van der Waals surface area (Å²) in [5.41, 5.74) is 4.09. The van der Waals surface area contributed by atoms with Crippen molar-refractivity contribution in [2.45, 2.75) is 25.0 Å². The quantitative estimate of drug-likeness (QED) is 0.776. The molecule has 0 aromatic heterocycles. The van der Waals surface area contributed by atoms with Gasteiger partial charge in [0.1, 0.15) is 12.1 Å². The maximum Gasteiger partial charge on any atom is 0.251 e. The van der Waals surface area contributed by atoms with E-state index in [0.717, 1.165) is 41.1 Å². The smallest absolute Gasteiger partial charge is 0.251 e. The maximum atomic E-state index is 12.4. The highest BCUT2D eigenvalue weighted by molar-refractivity contribution is 5.81. The largest absolute Gasteiger partial charge is 0.439 e. The number of carbonyl (C=O) groups is 1. The topological polar surface area (TPSA) is 86.6 Å². The van der Waals surface area contributed by atoms with Crippen molar-refractivity contribution in [2.75, 3.05) is 31.6 Å². The normalized spacial score (nSPS) is 19.0. The van der Waals surface area contributed by atoms with Gasteiger partial charge in [0.15, 0.2) is 11.6 Å². The van der Waals surface area contributed by atoms with Gasteiger partial charge in [-0.05, 0) is 48.4 Å². The van der Waals surface area contributed by atoms with Crippen LogP contribution in [-0.2, 0) is 16.0 Å². The van der Waals surface area contributed by atoms with Crippen LogP contribution in [0.1, 0.15) is 12.0 Å². The lowest BCUT2D eigenvalue weighted by molar-refractivity contribution is -0.132. The van der Waals surface area contributed by atoms with Crippen molar-refractivity contribution in [2.24, 2.45) is 0 Å². The van der Waals surface area contributed by atoms with Crippen molar-refractivity contribution < 1.29 is 14.3 Å². The number of fused-ring (bicyclic) bond motifs is 1. The van der Waals surface area contributed by atoms with Gasteiger partial charge in [-0.15, -0.1) is 0 Å². The van der Waals surface area contributed by atoms with E-state index in [2.05, 4.69) is 29.3 Å². The maximum absolute atomic E-state index is 12.4. The zero-order valence-electron chi connectivity index (χ0n) is 17.6. The van der Waals surface area contributed by atoms with Crippen LogP contribution in [0.15, 0.2) is 54.9 Å². The van der Waals surface area contributed by atoms with Gasteiger partial charge in [-0.2, -0.15) is 5.26 Å². The zero-order valence-corrected chi connectivity index (χ0v) is 17.6. The molecule has 7 nitrogen and oxygen atoms in total. The highest BCUT2D eigenvalue weighted by Gasteiger charge is 2.24. The van der Waals surface area contributed by atoms with Gasteiger partial charge in [0.05, 0.1) is 11.8 Å². The van der Waals surface area contributed by atoms with Gasteiger partial charge in [-0.3, -0.25) is 4.79 Å². The highest BCUT2D eigenvalue weighted by Crippen LogP contribution is 2.40. The van der Waals surface area contributed by atoms with Gasteiger partial charge < -0.3 is 25.0 Å². The number of hydrogen-bond donors (Lipinski definition) is 2. The van der Waals surface area contributed by atoms with Crippen molar-refractivity contribution in [3.8, 4) is 22.9 Å². The van der Waals surface area contributed by atoms with Crippen molar-refractivity contribution in [3.05, 3.63) is 60.5 Å².